The topological polar surface area (TPSA) is 67.6 Å². The minimum atomic E-state index is -0.118. The second kappa shape index (κ2) is 7.99. The van der Waals surface area contributed by atoms with E-state index >= 15 is 0 Å². The van der Waals surface area contributed by atoms with Crippen molar-refractivity contribution in [3.63, 3.8) is 0 Å². The zero-order valence-corrected chi connectivity index (χ0v) is 12.0. The molecule has 106 valence electrons. The number of amides is 1. The normalized spacial score (nSPS) is 10.7. The Morgan fingerprint density at radius 3 is 2.95 bits per heavy atom. The number of rotatable bonds is 7. The molecule has 19 heavy (non-hydrogen) atoms. The summed E-state index contributed by atoms with van der Waals surface area (Å²) in [4.78, 5) is 13.8. The molecule has 0 bridgehead atoms. The number of methoxy groups -OCH3 is 1. The quantitative estimate of drug-likeness (QED) is 0.592. The fraction of sp³-hybridized carbons (Fsp3) is 0.462. The molecule has 0 radical (unpaired) electrons. The van der Waals surface area contributed by atoms with Gasteiger partial charge in [0.2, 0.25) is 5.91 Å². The van der Waals surface area contributed by atoms with Gasteiger partial charge in [-0.1, -0.05) is 11.6 Å². The molecule has 0 heterocycles. The first-order chi connectivity index (χ1) is 9.02. The van der Waals surface area contributed by atoms with Crippen molar-refractivity contribution in [2.75, 3.05) is 44.9 Å². The van der Waals surface area contributed by atoms with Crippen LogP contribution < -0.4 is 11.1 Å². The summed E-state index contributed by atoms with van der Waals surface area (Å²) in [6.45, 7) is 1.79. The number of nitrogens with one attached hydrogen (secondary N) is 1. The molecule has 0 aliphatic carbocycles. The number of carbonyl (C=O) groups is 1. The Kier molecular flexibility index (Phi) is 6.62. The van der Waals surface area contributed by atoms with Crippen LogP contribution in [0, 0.1) is 0 Å². The zero-order chi connectivity index (χ0) is 14.3. The maximum absolute atomic E-state index is 11.8. The SMILES string of the molecule is COCCCN(C)CC(=O)Nc1cc(N)ccc1Cl. The second-order valence-electron chi connectivity index (χ2n) is 4.37. The third-order valence-corrected chi connectivity index (χ3v) is 2.90. The summed E-state index contributed by atoms with van der Waals surface area (Å²) >= 11 is 5.98. The van der Waals surface area contributed by atoms with Crippen LogP contribution in [-0.4, -0.2) is 44.7 Å². The number of hydrogen-bond acceptors (Lipinski definition) is 4. The van der Waals surface area contributed by atoms with E-state index in [1.807, 2.05) is 11.9 Å². The van der Waals surface area contributed by atoms with E-state index in [0.717, 1.165) is 13.0 Å². The van der Waals surface area contributed by atoms with Gasteiger partial charge in [-0.3, -0.25) is 9.69 Å². The first-order valence-corrected chi connectivity index (χ1v) is 6.43. The lowest BCUT2D eigenvalue weighted by molar-refractivity contribution is -0.117. The molecule has 0 fully saturated rings. The number of anilines is 2. The fourth-order valence-corrected chi connectivity index (χ4v) is 1.80. The average molecular weight is 286 g/mol. The number of nitrogen functional groups attached to an aromatic ring is 1. The number of nitrogens with zero attached hydrogens (tertiary/aromatic N) is 1. The van der Waals surface area contributed by atoms with Crippen molar-refractivity contribution in [1.29, 1.82) is 0 Å². The van der Waals surface area contributed by atoms with Gasteiger partial charge in [0.15, 0.2) is 0 Å². The summed E-state index contributed by atoms with van der Waals surface area (Å²) in [6, 6.07) is 4.99. The molecule has 0 saturated carbocycles. The summed E-state index contributed by atoms with van der Waals surface area (Å²) < 4.78 is 4.96. The monoisotopic (exact) mass is 285 g/mol. The van der Waals surface area contributed by atoms with Crippen LogP contribution >= 0.6 is 11.6 Å². The van der Waals surface area contributed by atoms with Gasteiger partial charge in [0.25, 0.3) is 0 Å². The summed E-state index contributed by atoms with van der Waals surface area (Å²) in [5.74, 6) is -0.118. The van der Waals surface area contributed by atoms with E-state index in [4.69, 9.17) is 22.1 Å². The average Bonchev–Trinajstić information content (AvgIpc) is 2.34. The lowest BCUT2D eigenvalue weighted by Crippen LogP contribution is -2.31. The Morgan fingerprint density at radius 2 is 2.26 bits per heavy atom. The number of hydrogen-bond donors (Lipinski definition) is 2. The van der Waals surface area contributed by atoms with Crippen molar-refractivity contribution in [1.82, 2.24) is 4.90 Å². The lowest BCUT2D eigenvalue weighted by atomic mass is 10.3. The van der Waals surface area contributed by atoms with Crippen molar-refractivity contribution < 1.29 is 9.53 Å². The smallest absolute Gasteiger partial charge is 0.238 e. The molecular formula is C13H20ClN3O2. The Morgan fingerprint density at radius 1 is 1.53 bits per heavy atom. The van der Waals surface area contributed by atoms with E-state index in [2.05, 4.69) is 5.32 Å². The molecule has 1 amide bonds. The van der Waals surface area contributed by atoms with E-state index in [1.165, 1.54) is 0 Å². The van der Waals surface area contributed by atoms with Crippen LogP contribution in [0.15, 0.2) is 18.2 Å². The van der Waals surface area contributed by atoms with Crippen molar-refractivity contribution in [2.24, 2.45) is 0 Å². The molecule has 0 unspecified atom stereocenters. The Bertz CT molecular complexity index is 426. The number of nitrogens with two attached hydrogens (primary N) is 1. The van der Waals surface area contributed by atoms with Crippen LogP contribution in [0.25, 0.3) is 0 Å². The molecule has 1 aromatic rings. The molecular weight excluding hydrogens is 266 g/mol. The van der Waals surface area contributed by atoms with Crippen molar-refractivity contribution in [3.8, 4) is 0 Å². The van der Waals surface area contributed by atoms with Gasteiger partial charge < -0.3 is 15.8 Å². The van der Waals surface area contributed by atoms with E-state index in [9.17, 15) is 4.79 Å². The van der Waals surface area contributed by atoms with Crippen molar-refractivity contribution in [3.05, 3.63) is 23.2 Å². The molecule has 1 aromatic carbocycles. The largest absolute Gasteiger partial charge is 0.399 e. The lowest BCUT2D eigenvalue weighted by Gasteiger charge is -2.16. The first kappa shape index (κ1) is 15.8. The molecule has 0 aliphatic heterocycles. The predicted octanol–water partition coefficient (Wildman–Crippen LogP) is 1.83. The van der Waals surface area contributed by atoms with Gasteiger partial charge in [-0.05, 0) is 31.7 Å². The van der Waals surface area contributed by atoms with Crippen molar-refractivity contribution in [2.45, 2.75) is 6.42 Å². The number of carbonyl (C=O) groups excluding carboxylic acids is 1. The highest BCUT2D eigenvalue weighted by Gasteiger charge is 2.09. The molecule has 0 saturated heterocycles. The van der Waals surface area contributed by atoms with Crippen LogP contribution in [0.3, 0.4) is 0 Å². The minimum Gasteiger partial charge on any atom is -0.399 e. The van der Waals surface area contributed by atoms with Crippen LogP contribution in [0.2, 0.25) is 5.02 Å². The molecule has 6 heteroatoms. The molecule has 5 nitrogen and oxygen atoms in total. The van der Waals surface area contributed by atoms with Crippen molar-refractivity contribution >= 4 is 28.9 Å². The second-order valence-corrected chi connectivity index (χ2v) is 4.78. The third-order valence-electron chi connectivity index (χ3n) is 2.57. The number of ether oxygens (including phenoxy) is 1. The highest BCUT2D eigenvalue weighted by Crippen LogP contribution is 2.23. The molecule has 0 aromatic heterocycles. The van der Waals surface area contributed by atoms with E-state index in [0.29, 0.717) is 29.5 Å². The molecule has 1 rings (SSSR count). The summed E-state index contributed by atoms with van der Waals surface area (Å²) in [5.41, 5.74) is 6.75. The molecule has 0 aliphatic rings. The minimum absolute atomic E-state index is 0.118. The standard InChI is InChI=1S/C13H20ClN3O2/c1-17(6-3-7-19-2)9-13(18)16-12-8-10(15)4-5-11(12)14/h4-5,8H,3,6-7,9,15H2,1-2H3,(H,16,18). The maximum Gasteiger partial charge on any atom is 0.238 e. The Labute approximate surface area is 118 Å². The summed E-state index contributed by atoms with van der Waals surface area (Å²) in [5, 5.41) is 3.23. The Balaban J connectivity index is 2.44. The molecule has 0 spiro atoms. The number of likely N-dealkylation sites (N-methyl/N-ethyl adjacent to an activating group) is 1. The fourth-order valence-electron chi connectivity index (χ4n) is 1.63. The summed E-state index contributed by atoms with van der Waals surface area (Å²) in [7, 11) is 3.55. The predicted molar refractivity (Wildman–Crippen MR) is 78.5 cm³/mol. The van der Waals surface area contributed by atoms with Gasteiger partial charge in [0.05, 0.1) is 17.3 Å². The van der Waals surface area contributed by atoms with Crippen LogP contribution in [0.5, 0.6) is 0 Å². The van der Waals surface area contributed by atoms with Crippen LogP contribution in [0.1, 0.15) is 6.42 Å². The van der Waals surface area contributed by atoms with E-state index in [1.54, 1.807) is 25.3 Å². The van der Waals surface area contributed by atoms with Gasteiger partial charge in [0.1, 0.15) is 0 Å². The van der Waals surface area contributed by atoms with Crippen LogP contribution in [0.4, 0.5) is 11.4 Å². The highest BCUT2D eigenvalue weighted by atomic mass is 35.5. The van der Waals surface area contributed by atoms with Gasteiger partial charge in [-0.15, -0.1) is 0 Å². The zero-order valence-electron chi connectivity index (χ0n) is 11.3. The molecule has 3 N–H and O–H groups in total. The highest BCUT2D eigenvalue weighted by molar-refractivity contribution is 6.33. The van der Waals surface area contributed by atoms with Gasteiger partial charge in [-0.2, -0.15) is 0 Å². The molecule has 0 atom stereocenters. The Hall–Kier alpha value is -1.30. The number of benzene rings is 1. The van der Waals surface area contributed by atoms with Gasteiger partial charge >= 0.3 is 0 Å². The van der Waals surface area contributed by atoms with Gasteiger partial charge in [0, 0.05) is 25.9 Å². The van der Waals surface area contributed by atoms with E-state index in [-0.39, 0.29) is 5.91 Å². The number of halogens is 1. The van der Waals surface area contributed by atoms with Gasteiger partial charge in [-0.25, -0.2) is 0 Å². The first-order valence-electron chi connectivity index (χ1n) is 6.05. The summed E-state index contributed by atoms with van der Waals surface area (Å²) in [6.07, 6.45) is 0.888. The maximum atomic E-state index is 11.8. The van der Waals surface area contributed by atoms with E-state index < -0.39 is 0 Å². The third kappa shape index (κ3) is 5.92. The van der Waals surface area contributed by atoms with Crippen LogP contribution in [-0.2, 0) is 9.53 Å².